The van der Waals surface area contributed by atoms with Gasteiger partial charge in [-0.25, -0.2) is 13.6 Å². The zero-order valence-corrected chi connectivity index (χ0v) is 10.1. The van der Waals surface area contributed by atoms with Gasteiger partial charge in [-0.3, -0.25) is 4.98 Å². The summed E-state index contributed by atoms with van der Waals surface area (Å²) in [5.41, 5.74) is 2.79. The fraction of sp³-hybridized carbons (Fsp3) is 0.0833. The average molecular weight is 248 g/mol. The van der Waals surface area contributed by atoms with E-state index in [9.17, 15) is 8.42 Å². The number of rotatable bonds is 2. The summed E-state index contributed by atoms with van der Waals surface area (Å²) in [6.45, 7) is 1.91. The summed E-state index contributed by atoms with van der Waals surface area (Å²) < 4.78 is 22.2. The molecule has 2 rings (SSSR count). The second-order valence-corrected chi connectivity index (χ2v) is 5.32. The highest BCUT2D eigenvalue weighted by Gasteiger charge is 2.07. The first-order chi connectivity index (χ1) is 7.97. The van der Waals surface area contributed by atoms with E-state index in [0.29, 0.717) is 0 Å². The van der Waals surface area contributed by atoms with Crippen LogP contribution in [0.5, 0.6) is 0 Å². The molecule has 2 aromatic rings. The van der Waals surface area contributed by atoms with Crippen molar-refractivity contribution in [1.29, 1.82) is 0 Å². The highest BCUT2D eigenvalue weighted by molar-refractivity contribution is 7.89. The van der Waals surface area contributed by atoms with Crippen molar-refractivity contribution in [2.24, 2.45) is 5.14 Å². The van der Waals surface area contributed by atoms with E-state index in [1.807, 2.05) is 19.1 Å². The second kappa shape index (κ2) is 4.27. The molecule has 0 aliphatic rings. The lowest BCUT2D eigenvalue weighted by Gasteiger charge is -2.03. The smallest absolute Gasteiger partial charge is 0.238 e. The molecule has 0 bridgehead atoms. The van der Waals surface area contributed by atoms with Gasteiger partial charge in [0.2, 0.25) is 10.0 Å². The maximum absolute atomic E-state index is 11.1. The Bertz CT molecular complexity index is 617. The van der Waals surface area contributed by atoms with Gasteiger partial charge in [-0.1, -0.05) is 18.2 Å². The molecule has 0 aliphatic carbocycles. The van der Waals surface area contributed by atoms with Crippen LogP contribution in [0.3, 0.4) is 0 Å². The van der Waals surface area contributed by atoms with Crippen LogP contribution in [0.25, 0.3) is 11.1 Å². The lowest BCUT2D eigenvalue weighted by Crippen LogP contribution is -2.11. The predicted molar refractivity (Wildman–Crippen MR) is 65.8 cm³/mol. The van der Waals surface area contributed by atoms with Crippen LogP contribution in [0, 0.1) is 6.92 Å². The predicted octanol–water partition coefficient (Wildman–Crippen LogP) is 1.70. The summed E-state index contributed by atoms with van der Waals surface area (Å²) in [5.74, 6) is 0. The van der Waals surface area contributed by atoms with Gasteiger partial charge >= 0.3 is 0 Å². The standard InChI is InChI=1S/C12H12N2O2S/c1-9-2-3-11(8-14-9)10-4-6-12(7-5-10)17(13,15)16/h2-8H,1H3,(H2,13,15,16). The number of primary sulfonamides is 1. The van der Waals surface area contributed by atoms with Gasteiger partial charge in [0.15, 0.2) is 0 Å². The minimum Gasteiger partial charge on any atom is -0.261 e. The zero-order chi connectivity index (χ0) is 12.5. The monoisotopic (exact) mass is 248 g/mol. The van der Waals surface area contributed by atoms with Gasteiger partial charge in [-0.05, 0) is 30.7 Å². The van der Waals surface area contributed by atoms with Crippen LogP contribution in [0.2, 0.25) is 0 Å². The largest absolute Gasteiger partial charge is 0.261 e. The summed E-state index contributed by atoms with van der Waals surface area (Å²) in [7, 11) is -3.62. The van der Waals surface area contributed by atoms with Crippen molar-refractivity contribution < 1.29 is 8.42 Å². The second-order valence-electron chi connectivity index (χ2n) is 3.76. The minimum atomic E-state index is -3.62. The molecule has 0 fully saturated rings. The van der Waals surface area contributed by atoms with E-state index in [1.54, 1.807) is 18.3 Å². The normalized spacial score (nSPS) is 11.4. The fourth-order valence-electron chi connectivity index (χ4n) is 1.48. The number of hydrogen-bond donors (Lipinski definition) is 1. The van der Waals surface area contributed by atoms with Crippen LogP contribution in [0.4, 0.5) is 0 Å². The Kier molecular flexibility index (Phi) is 2.95. The van der Waals surface area contributed by atoms with Crippen LogP contribution < -0.4 is 5.14 Å². The Morgan fingerprint density at radius 2 is 1.59 bits per heavy atom. The zero-order valence-electron chi connectivity index (χ0n) is 9.29. The van der Waals surface area contributed by atoms with Crippen molar-refractivity contribution in [3.05, 3.63) is 48.3 Å². The van der Waals surface area contributed by atoms with Crippen LogP contribution >= 0.6 is 0 Å². The molecule has 0 saturated heterocycles. The third-order valence-electron chi connectivity index (χ3n) is 2.43. The van der Waals surface area contributed by atoms with Gasteiger partial charge < -0.3 is 0 Å². The Morgan fingerprint density at radius 3 is 2.06 bits per heavy atom. The Balaban J connectivity index is 2.39. The molecule has 0 amide bonds. The summed E-state index contributed by atoms with van der Waals surface area (Å²) in [5, 5.41) is 5.03. The molecule has 2 N–H and O–H groups in total. The lowest BCUT2D eigenvalue weighted by molar-refractivity contribution is 0.598. The SMILES string of the molecule is Cc1ccc(-c2ccc(S(N)(=O)=O)cc2)cn1. The van der Waals surface area contributed by atoms with Crippen LogP contribution in [0.1, 0.15) is 5.69 Å². The summed E-state index contributed by atoms with van der Waals surface area (Å²) in [6, 6.07) is 10.3. The van der Waals surface area contributed by atoms with Crippen LogP contribution in [-0.2, 0) is 10.0 Å². The number of pyridine rings is 1. The average Bonchev–Trinajstić information content (AvgIpc) is 2.29. The molecule has 0 aliphatic heterocycles. The molecule has 1 aromatic heterocycles. The molecular weight excluding hydrogens is 236 g/mol. The Labute approximate surface area is 100 Å². The van der Waals surface area contributed by atoms with Crippen LogP contribution in [0.15, 0.2) is 47.5 Å². The Hall–Kier alpha value is -1.72. The van der Waals surface area contributed by atoms with Gasteiger partial charge in [0, 0.05) is 17.5 Å². The van der Waals surface area contributed by atoms with Crippen LogP contribution in [-0.4, -0.2) is 13.4 Å². The van der Waals surface area contributed by atoms with E-state index >= 15 is 0 Å². The van der Waals surface area contributed by atoms with Gasteiger partial charge in [0.05, 0.1) is 4.90 Å². The van der Waals surface area contributed by atoms with Crippen molar-refractivity contribution in [2.45, 2.75) is 11.8 Å². The highest BCUT2D eigenvalue weighted by Crippen LogP contribution is 2.20. The summed E-state index contributed by atoms with van der Waals surface area (Å²) in [4.78, 5) is 4.30. The maximum atomic E-state index is 11.1. The molecule has 0 saturated carbocycles. The molecule has 0 spiro atoms. The molecule has 1 heterocycles. The number of nitrogens with two attached hydrogens (primary N) is 1. The van der Waals surface area contributed by atoms with Crippen molar-refractivity contribution in [3.63, 3.8) is 0 Å². The summed E-state index contributed by atoms with van der Waals surface area (Å²) in [6.07, 6.45) is 1.75. The molecule has 17 heavy (non-hydrogen) atoms. The van der Waals surface area contributed by atoms with E-state index in [4.69, 9.17) is 5.14 Å². The van der Waals surface area contributed by atoms with Crippen molar-refractivity contribution in [3.8, 4) is 11.1 Å². The molecule has 1 aromatic carbocycles. The number of nitrogens with zero attached hydrogens (tertiary/aromatic N) is 1. The first-order valence-electron chi connectivity index (χ1n) is 5.03. The van der Waals surface area contributed by atoms with Gasteiger partial charge in [-0.2, -0.15) is 0 Å². The van der Waals surface area contributed by atoms with E-state index in [-0.39, 0.29) is 4.90 Å². The van der Waals surface area contributed by atoms with E-state index < -0.39 is 10.0 Å². The molecule has 0 atom stereocenters. The molecular formula is C12H12N2O2S. The number of sulfonamides is 1. The molecule has 88 valence electrons. The van der Waals surface area contributed by atoms with Gasteiger partial charge in [0.25, 0.3) is 0 Å². The lowest BCUT2D eigenvalue weighted by atomic mass is 10.1. The molecule has 0 radical (unpaired) electrons. The topological polar surface area (TPSA) is 73.1 Å². The molecule has 5 heteroatoms. The number of benzene rings is 1. The maximum Gasteiger partial charge on any atom is 0.238 e. The minimum absolute atomic E-state index is 0.112. The van der Waals surface area contributed by atoms with Crippen molar-refractivity contribution >= 4 is 10.0 Å². The number of aromatic nitrogens is 1. The fourth-order valence-corrected chi connectivity index (χ4v) is 1.99. The third-order valence-corrected chi connectivity index (χ3v) is 3.36. The third kappa shape index (κ3) is 2.69. The van der Waals surface area contributed by atoms with E-state index in [2.05, 4.69) is 4.98 Å². The quantitative estimate of drug-likeness (QED) is 0.879. The summed E-state index contributed by atoms with van der Waals surface area (Å²) >= 11 is 0. The molecule has 0 unspecified atom stereocenters. The number of aryl methyl sites for hydroxylation is 1. The molecule has 4 nitrogen and oxygen atoms in total. The van der Waals surface area contributed by atoms with Crippen molar-refractivity contribution in [1.82, 2.24) is 4.98 Å². The van der Waals surface area contributed by atoms with E-state index in [1.165, 1.54) is 12.1 Å². The van der Waals surface area contributed by atoms with Crippen molar-refractivity contribution in [2.75, 3.05) is 0 Å². The number of hydrogen-bond acceptors (Lipinski definition) is 3. The van der Waals surface area contributed by atoms with Gasteiger partial charge in [-0.15, -0.1) is 0 Å². The highest BCUT2D eigenvalue weighted by atomic mass is 32.2. The van der Waals surface area contributed by atoms with Gasteiger partial charge in [0.1, 0.15) is 0 Å². The Morgan fingerprint density at radius 1 is 1.00 bits per heavy atom. The van der Waals surface area contributed by atoms with E-state index in [0.717, 1.165) is 16.8 Å². The first-order valence-corrected chi connectivity index (χ1v) is 6.57. The first kappa shape index (κ1) is 11.8.